The van der Waals surface area contributed by atoms with E-state index in [2.05, 4.69) is 45.1 Å². The van der Waals surface area contributed by atoms with Crippen LogP contribution in [0.25, 0.3) is 0 Å². The van der Waals surface area contributed by atoms with E-state index in [1.54, 1.807) is 19.2 Å². The van der Waals surface area contributed by atoms with Crippen molar-refractivity contribution < 1.29 is 14.3 Å². The van der Waals surface area contributed by atoms with Gasteiger partial charge in [-0.2, -0.15) is 0 Å². The van der Waals surface area contributed by atoms with E-state index in [1.165, 1.54) is 5.56 Å². The van der Waals surface area contributed by atoms with Crippen molar-refractivity contribution in [3.63, 3.8) is 0 Å². The lowest BCUT2D eigenvalue weighted by Gasteiger charge is -2.32. The van der Waals surface area contributed by atoms with Crippen molar-refractivity contribution in [1.82, 2.24) is 10.2 Å². The summed E-state index contributed by atoms with van der Waals surface area (Å²) in [7, 11) is 1.55. The van der Waals surface area contributed by atoms with E-state index >= 15 is 0 Å². The molecule has 3 aromatic carbocycles. The molecule has 7 nitrogen and oxygen atoms in total. The Balaban J connectivity index is 1.26. The standard InChI is InChI=1S/C29H34N4O3/c1-21-8-6-7-11-25(21)31-29(35)32-26-13-12-23(18-27(26)36-2)19-28(34)30-24-14-16-33(17-15-24)20-22-9-4-3-5-10-22/h3-13,18,24H,14-17,19-20H2,1-2H3,(H,30,34)(H2,31,32,35). The number of carbonyl (C=O) groups excluding carboxylic acids is 2. The minimum atomic E-state index is -0.355. The van der Waals surface area contributed by atoms with Crippen LogP contribution >= 0.6 is 0 Å². The molecule has 0 saturated carbocycles. The van der Waals surface area contributed by atoms with Crippen LogP contribution in [0.3, 0.4) is 0 Å². The molecular formula is C29H34N4O3. The number of methoxy groups -OCH3 is 1. The molecule has 1 aliphatic rings. The fourth-order valence-corrected chi connectivity index (χ4v) is 4.48. The third-order valence-electron chi connectivity index (χ3n) is 6.47. The zero-order valence-corrected chi connectivity index (χ0v) is 20.9. The fraction of sp³-hybridized carbons (Fsp3) is 0.310. The van der Waals surface area contributed by atoms with E-state index in [4.69, 9.17) is 4.74 Å². The van der Waals surface area contributed by atoms with E-state index in [1.807, 2.05) is 43.3 Å². The summed E-state index contributed by atoms with van der Waals surface area (Å²) in [6.45, 7) is 4.83. The molecule has 0 aliphatic carbocycles. The van der Waals surface area contributed by atoms with Gasteiger partial charge in [0.1, 0.15) is 5.75 Å². The van der Waals surface area contributed by atoms with Gasteiger partial charge in [0.15, 0.2) is 0 Å². The Morgan fingerprint density at radius 3 is 2.31 bits per heavy atom. The second-order valence-electron chi connectivity index (χ2n) is 9.21. The maximum atomic E-state index is 12.7. The Hall–Kier alpha value is -3.84. The van der Waals surface area contributed by atoms with Crippen molar-refractivity contribution in [1.29, 1.82) is 0 Å². The van der Waals surface area contributed by atoms with Gasteiger partial charge in [0.2, 0.25) is 5.91 Å². The summed E-state index contributed by atoms with van der Waals surface area (Å²) in [6, 6.07) is 23.3. The first-order chi connectivity index (χ1) is 17.5. The van der Waals surface area contributed by atoms with E-state index in [0.29, 0.717) is 11.4 Å². The second-order valence-corrected chi connectivity index (χ2v) is 9.21. The fourth-order valence-electron chi connectivity index (χ4n) is 4.48. The molecule has 3 N–H and O–H groups in total. The van der Waals surface area contributed by atoms with Crippen LogP contribution in [-0.2, 0) is 17.8 Å². The van der Waals surface area contributed by atoms with Gasteiger partial charge in [-0.15, -0.1) is 0 Å². The van der Waals surface area contributed by atoms with Crippen molar-refractivity contribution in [2.75, 3.05) is 30.8 Å². The highest BCUT2D eigenvalue weighted by atomic mass is 16.5. The van der Waals surface area contributed by atoms with E-state index < -0.39 is 0 Å². The molecule has 36 heavy (non-hydrogen) atoms. The summed E-state index contributed by atoms with van der Waals surface area (Å²) in [4.78, 5) is 27.6. The number of likely N-dealkylation sites (tertiary alicyclic amines) is 1. The molecule has 0 radical (unpaired) electrons. The number of hydrogen-bond donors (Lipinski definition) is 3. The molecule has 1 fully saturated rings. The van der Waals surface area contributed by atoms with Gasteiger partial charge < -0.3 is 20.7 Å². The minimum Gasteiger partial charge on any atom is -0.495 e. The zero-order chi connectivity index (χ0) is 25.3. The summed E-state index contributed by atoms with van der Waals surface area (Å²) in [5.41, 5.74) is 4.41. The van der Waals surface area contributed by atoms with Crippen molar-refractivity contribution in [2.45, 2.75) is 38.8 Å². The highest BCUT2D eigenvalue weighted by Gasteiger charge is 2.21. The first kappa shape index (κ1) is 25.3. The van der Waals surface area contributed by atoms with Crippen LogP contribution in [0.5, 0.6) is 5.75 Å². The molecule has 3 aromatic rings. The highest BCUT2D eigenvalue weighted by molar-refractivity contribution is 6.01. The van der Waals surface area contributed by atoms with Crippen LogP contribution in [0.2, 0.25) is 0 Å². The first-order valence-electron chi connectivity index (χ1n) is 12.4. The number of para-hydroxylation sites is 1. The van der Waals surface area contributed by atoms with E-state index in [0.717, 1.165) is 49.3 Å². The van der Waals surface area contributed by atoms with Crippen molar-refractivity contribution in [2.24, 2.45) is 0 Å². The van der Waals surface area contributed by atoms with Gasteiger partial charge >= 0.3 is 6.03 Å². The van der Waals surface area contributed by atoms with Gasteiger partial charge in [0.25, 0.3) is 0 Å². The van der Waals surface area contributed by atoms with E-state index in [-0.39, 0.29) is 24.4 Å². The van der Waals surface area contributed by atoms with Gasteiger partial charge in [-0.1, -0.05) is 54.6 Å². The van der Waals surface area contributed by atoms with Crippen LogP contribution in [0.15, 0.2) is 72.8 Å². The number of ether oxygens (including phenoxy) is 1. The van der Waals surface area contributed by atoms with Gasteiger partial charge in [0, 0.05) is 31.4 Å². The SMILES string of the molecule is COc1cc(CC(=O)NC2CCN(Cc3ccccc3)CC2)ccc1NC(=O)Nc1ccccc1C. The lowest BCUT2D eigenvalue weighted by atomic mass is 10.0. The molecule has 0 aromatic heterocycles. The Morgan fingerprint density at radius 1 is 0.889 bits per heavy atom. The molecule has 1 saturated heterocycles. The summed E-state index contributed by atoms with van der Waals surface area (Å²) in [6.07, 6.45) is 2.15. The molecule has 1 heterocycles. The smallest absolute Gasteiger partial charge is 0.323 e. The average molecular weight is 487 g/mol. The minimum absolute atomic E-state index is 0.00318. The van der Waals surface area contributed by atoms with Gasteiger partial charge in [-0.3, -0.25) is 9.69 Å². The molecule has 1 aliphatic heterocycles. The Bertz CT molecular complexity index is 1170. The lowest BCUT2D eigenvalue weighted by Crippen LogP contribution is -2.44. The molecule has 0 atom stereocenters. The number of hydrogen-bond acceptors (Lipinski definition) is 4. The lowest BCUT2D eigenvalue weighted by molar-refractivity contribution is -0.121. The van der Waals surface area contributed by atoms with Crippen LogP contribution in [0.1, 0.15) is 29.5 Å². The number of nitrogens with zero attached hydrogens (tertiary/aromatic N) is 1. The second kappa shape index (κ2) is 12.2. The molecular weight excluding hydrogens is 452 g/mol. The predicted octanol–water partition coefficient (Wildman–Crippen LogP) is 4.97. The maximum Gasteiger partial charge on any atom is 0.323 e. The van der Waals surface area contributed by atoms with Crippen LogP contribution in [0, 0.1) is 6.92 Å². The normalized spacial score (nSPS) is 14.2. The molecule has 0 unspecified atom stereocenters. The van der Waals surface area contributed by atoms with Crippen LogP contribution < -0.4 is 20.7 Å². The Labute approximate surface area is 212 Å². The third kappa shape index (κ3) is 7.09. The number of anilines is 2. The average Bonchev–Trinajstić information content (AvgIpc) is 2.88. The van der Waals surface area contributed by atoms with Crippen LogP contribution in [-0.4, -0.2) is 43.1 Å². The number of aryl methyl sites for hydroxylation is 1. The number of piperidine rings is 1. The zero-order valence-electron chi connectivity index (χ0n) is 20.9. The van der Waals surface area contributed by atoms with Gasteiger partial charge in [0.05, 0.1) is 19.2 Å². The molecule has 188 valence electrons. The number of nitrogens with one attached hydrogen (secondary N) is 3. The summed E-state index contributed by atoms with van der Waals surface area (Å²) in [5.74, 6) is 0.506. The number of amides is 3. The topological polar surface area (TPSA) is 82.7 Å². The summed E-state index contributed by atoms with van der Waals surface area (Å²) < 4.78 is 5.47. The molecule has 4 rings (SSSR count). The molecule has 7 heteroatoms. The van der Waals surface area contributed by atoms with E-state index in [9.17, 15) is 9.59 Å². The quantitative estimate of drug-likeness (QED) is 0.420. The largest absolute Gasteiger partial charge is 0.495 e. The summed E-state index contributed by atoms with van der Waals surface area (Å²) in [5, 5.41) is 8.85. The third-order valence-corrected chi connectivity index (χ3v) is 6.47. The van der Waals surface area contributed by atoms with Crippen LogP contribution in [0.4, 0.5) is 16.2 Å². The number of benzene rings is 3. The number of carbonyl (C=O) groups is 2. The number of urea groups is 1. The number of rotatable bonds is 8. The first-order valence-corrected chi connectivity index (χ1v) is 12.4. The van der Waals surface area contributed by atoms with Crippen molar-refractivity contribution in [3.8, 4) is 5.75 Å². The van der Waals surface area contributed by atoms with Crippen molar-refractivity contribution >= 4 is 23.3 Å². The molecule has 3 amide bonds. The molecule has 0 spiro atoms. The highest BCUT2D eigenvalue weighted by Crippen LogP contribution is 2.26. The van der Waals surface area contributed by atoms with Gasteiger partial charge in [-0.25, -0.2) is 4.79 Å². The van der Waals surface area contributed by atoms with Gasteiger partial charge in [-0.05, 0) is 54.7 Å². The Kier molecular flexibility index (Phi) is 8.57. The maximum absolute atomic E-state index is 12.7. The van der Waals surface area contributed by atoms with Crippen molar-refractivity contribution in [3.05, 3.63) is 89.5 Å². The molecule has 0 bridgehead atoms. The monoisotopic (exact) mass is 486 g/mol. The Morgan fingerprint density at radius 2 is 1.58 bits per heavy atom. The predicted molar refractivity (Wildman–Crippen MR) is 143 cm³/mol. The summed E-state index contributed by atoms with van der Waals surface area (Å²) >= 11 is 0.